The standard InChI is InChI=1S/C14H20N2O3/c1-9-5-6-13(10(2)7-9)16(4)8-12(14(18)19)15-11(3)17/h5-7,12H,8H2,1-4H3,(H,15,17)(H,18,19). The minimum absolute atomic E-state index is 0.221. The number of hydrogen-bond donors (Lipinski definition) is 2. The summed E-state index contributed by atoms with van der Waals surface area (Å²) in [6.45, 7) is 5.52. The molecule has 0 bridgehead atoms. The summed E-state index contributed by atoms with van der Waals surface area (Å²) >= 11 is 0. The van der Waals surface area contributed by atoms with E-state index in [1.807, 2.05) is 44.0 Å². The van der Waals surface area contributed by atoms with Crippen LogP contribution in [0, 0.1) is 13.8 Å². The number of rotatable bonds is 5. The van der Waals surface area contributed by atoms with Crippen molar-refractivity contribution < 1.29 is 14.7 Å². The van der Waals surface area contributed by atoms with Crippen molar-refractivity contribution in [1.29, 1.82) is 0 Å². The highest BCUT2D eigenvalue weighted by atomic mass is 16.4. The number of nitrogens with zero attached hydrogens (tertiary/aromatic N) is 1. The molecule has 1 amide bonds. The molecule has 0 aliphatic rings. The second-order valence-corrected chi connectivity index (χ2v) is 4.76. The first-order valence-electron chi connectivity index (χ1n) is 6.09. The molecule has 5 heteroatoms. The van der Waals surface area contributed by atoms with E-state index >= 15 is 0 Å². The fraction of sp³-hybridized carbons (Fsp3) is 0.429. The molecule has 2 N–H and O–H groups in total. The van der Waals surface area contributed by atoms with Crippen molar-refractivity contribution >= 4 is 17.6 Å². The van der Waals surface area contributed by atoms with Gasteiger partial charge in [0, 0.05) is 26.2 Å². The zero-order valence-electron chi connectivity index (χ0n) is 11.7. The van der Waals surface area contributed by atoms with Gasteiger partial charge in [-0.15, -0.1) is 0 Å². The number of benzene rings is 1. The minimum atomic E-state index is -1.04. The van der Waals surface area contributed by atoms with Crippen LogP contribution in [0.25, 0.3) is 0 Å². The number of nitrogens with one attached hydrogen (secondary N) is 1. The van der Waals surface area contributed by atoms with Crippen LogP contribution in [0.1, 0.15) is 18.1 Å². The summed E-state index contributed by atoms with van der Waals surface area (Å²) in [5.74, 6) is -1.38. The number of aryl methyl sites for hydroxylation is 2. The van der Waals surface area contributed by atoms with Crippen LogP contribution in [0.15, 0.2) is 18.2 Å². The molecule has 0 fully saturated rings. The lowest BCUT2D eigenvalue weighted by Gasteiger charge is -2.25. The van der Waals surface area contributed by atoms with Crippen LogP contribution in [0.3, 0.4) is 0 Å². The summed E-state index contributed by atoms with van der Waals surface area (Å²) in [4.78, 5) is 23.9. The largest absolute Gasteiger partial charge is 0.480 e. The van der Waals surface area contributed by atoms with E-state index in [0.29, 0.717) is 0 Å². The SMILES string of the molecule is CC(=O)NC(CN(C)c1ccc(C)cc1C)C(=O)O. The lowest BCUT2D eigenvalue weighted by atomic mass is 10.1. The highest BCUT2D eigenvalue weighted by molar-refractivity contribution is 5.82. The maximum Gasteiger partial charge on any atom is 0.328 e. The third-order valence-corrected chi connectivity index (χ3v) is 2.90. The van der Waals surface area contributed by atoms with Gasteiger partial charge in [0.2, 0.25) is 5.91 Å². The van der Waals surface area contributed by atoms with Crippen molar-refractivity contribution in [1.82, 2.24) is 5.32 Å². The van der Waals surface area contributed by atoms with E-state index in [9.17, 15) is 9.59 Å². The van der Waals surface area contributed by atoms with Crippen molar-refractivity contribution in [3.8, 4) is 0 Å². The van der Waals surface area contributed by atoms with Crippen LogP contribution in [0.5, 0.6) is 0 Å². The van der Waals surface area contributed by atoms with E-state index in [0.717, 1.165) is 16.8 Å². The highest BCUT2D eigenvalue weighted by Crippen LogP contribution is 2.20. The van der Waals surface area contributed by atoms with Gasteiger partial charge in [-0.25, -0.2) is 4.79 Å². The summed E-state index contributed by atoms with van der Waals surface area (Å²) in [6, 6.07) is 5.06. The number of aliphatic carboxylic acids is 1. The molecule has 5 nitrogen and oxygen atoms in total. The molecular weight excluding hydrogens is 244 g/mol. The van der Waals surface area contributed by atoms with Crippen LogP contribution >= 0.6 is 0 Å². The predicted octanol–water partition coefficient (Wildman–Crippen LogP) is 1.33. The molecule has 1 aromatic carbocycles. The van der Waals surface area contributed by atoms with E-state index in [-0.39, 0.29) is 12.5 Å². The summed E-state index contributed by atoms with van der Waals surface area (Å²) in [5.41, 5.74) is 3.20. The Hall–Kier alpha value is -2.04. The molecule has 0 spiro atoms. The highest BCUT2D eigenvalue weighted by Gasteiger charge is 2.21. The molecule has 0 aliphatic heterocycles. The molecule has 0 aromatic heterocycles. The third kappa shape index (κ3) is 4.28. The third-order valence-electron chi connectivity index (χ3n) is 2.90. The molecule has 0 saturated heterocycles. The fourth-order valence-corrected chi connectivity index (χ4v) is 2.04. The van der Waals surface area contributed by atoms with Crippen molar-refractivity contribution in [3.63, 3.8) is 0 Å². The van der Waals surface area contributed by atoms with Crippen molar-refractivity contribution in [2.45, 2.75) is 26.8 Å². The molecule has 104 valence electrons. The molecule has 19 heavy (non-hydrogen) atoms. The fourth-order valence-electron chi connectivity index (χ4n) is 2.04. The van der Waals surface area contributed by atoms with E-state index < -0.39 is 12.0 Å². The van der Waals surface area contributed by atoms with Crippen LogP contribution < -0.4 is 10.2 Å². The lowest BCUT2D eigenvalue weighted by Crippen LogP contribution is -2.47. The average Bonchev–Trinajstić information content (AvgIpc) is 2.26. The van der Waals surface area contributed by atoms with Crippen LogP contribution in [0.2, 0.25) is 0 Å². The lowest BCUT2D eigenvalue weighted by molar-refractivity contribution is -0.141. The summed E-state index contributed by atoms with van der Waals surface area (Å²) < 4.78 is 0. The van der Waals surface area contributed by atoms with Crippen molar-refractivity contribution in [2.75, 3.05) is 18.5 Å². The Kier molecular flexibility index (Phi) is 4.92. The first kappa shape index (κ1) is 15.0. The second kappa shape index (κ2) is 6.22. The second-order valence-electron chi connectivity index (χ2n) is 4.76. The van der Waals surface area contributed by atoms with E-state index in [4.69, 9.17) is 5.11 Å². The van der Waals surface area contributed by atoms with Gasteiger partial charge >= 0.3 is 5.97 Å². The number of carboxylic acid groups (broad SMARTS) is 1. The number of hydrogen-bond acceptors (Lipinski definition) is 3. The monoisotopic (exact) mass is 264 g/mol. The first-order valence-corrected chi connectivity index (χ1v) is 6.09. The molecule has 1 rings (SSSR count). The molecule has 1 aromatic rings. The quantitative estimate of drug-likeness (QED) is 0.841. The maximum absolute atomic E-state index is 11.1. The Morgan fingerprint density at radius 3 is 2.47 bits per heavy atom. The van der Waals surface area contributed by atoms with Crippen molar-refractivity contribution in [2.24, 2.45) is 0 Å². The molecule has 1 atom stereocenters. The van der Waals surface area contributed by atoms with E-state index in [1.165, 1.54) is 6.92 Å². The van der Waals surface area contributed by atoms with Gasteiger partial charge < -0.3 is 15.3 Å². The van der Waals surface area contributed by atoms with Crippen molar-refractivity contribution in [3.05, 3.63) is 29.3 Å². The number of amides is 1. The number of anilines is 1. The van der Waals surface area contributed by atoms with Gasteiger partial charge in [-0.05, 0) is 25.5 Å². The van der Waals surface area contributed by atoms with Gasteiger partial charge in [0.25, 0.3) is 0 Å². The topological polar surface area (TPSA) is 69.6 Å². The van der Waals surface area contributed by atoms with Crippen LogP contribution in [-0.2, 0) is 9.59 Å². The Labute approximate surface area is 113 Å². The van der Waals surface area contributed by atoms with Gasteiger partial charge in [0.1, 0.15) is 6.04 Å². The number of carbonyl (C=O) groups excluding carboxylic acids is 1. The van der Waals surface area contributed by atoms with Gasteiger partial charge in [-0.1, -0.05) is 17.7 Å². The Morgan fingerprint density at radius 1 is 1.37 bits per heavy atom. The number of carboxylic acids is 1. The smallest absolute Gasteiger partial charge is 0.328 e. The molecule has 1 unspecified atom stereocenters. The summed E-state index contributed by atoms with van der Waals surface area (Å²) in [7, 11) is 1.81. The van der Waals surface area contributed by atoms with Crippen LogP contribution in [-0.4, -0.2) is 36.6 Å². The van der Waals surface area contributed by atoms with E-state index in [2.05, 4.69) is 5.32 Å². The average molecular weight is 264 g/mol. The van der Waals surface area contributed by atoms with E-state index in [1.54, 1.807) is 0 Å². The molecule has 0 saturated carbocycles. The Morgan fingerprint density at radius 2 is 2.00 bits per heavy atom. The summed E-state index contributed by atoms with van der Waals surface area (Å²) in [6.07, 6.45) is 0. The Balaban J connectivity index is 2.84. The maximum atomic E-state index is 11.1. The zero-order valence-corrected chi connectivity index (χ0v) is 11.7. The van der Waals surface area contributed by atoms with Gasteiger partial charge in [0.15, 0.2) is 0 Å². The summed E-state index contributed by atoms with van der Waals surface area (Å²) in [5, 5.41) is 11.5. The molecule has 0 heterocycles. The predicted molar refractivity (Wildman–Crippen MR) is 74.4 cm³/mol. The Bertz CT molecular complexity index is 486. The van der Waals surface area contributed by atoms with Gasteiger partial charge in [-0.3, -0.25) is 4.79 Å². The number of likely N-dealkylation sites (N-methyl/N-ethyl adjacent to an activating group) is 1. The van der Waals surface area contributed by atoms with Gasteiger partial charge in [0.05, 0.1) is 0 Å². The molecule has 0 radical (unpaired) electrons. The zero-order chi connectivity index (χ0) is 14.6. The normalized spacial score (nSPS) is 11.8. The minimum Gasteiger partial charge on any atom is -0.480 e. The van der Waals surface area contributed by atoms with Crippen LogP contribution in [0.4, 0.5) is 5.69 Å². The number of carbonyl (C=O) groups is 2. The molecular formula is C14H20N2O3. The first-order chi connectivity index (χ1) is 8.81. The van der Waals surface area contributed by atoms with Gasteiger partial charge in [-0.2, -0.15) is 0 Å². The molecule has 0 aliphatic carbocycles.